The van der Waals surface area contributed by atoms with E-state index in [-0.39, 0.29) is 16.2 Å². The second-order valence-electron chi connectivity index (χ2n) is 5.56. The molecule has 0 saturated carbocycles. The minimum Gasteiger partial charge on any atom is -0.449 e. The number of benzene rings is 2. The zero-order valence-corrected chi connectivity index (χ0v) is 15.3. The van der Waals surface area contributed by atoms with E-state index in [0.717, 1.165) is 18.2 Å². The average molecular weight is 397 g/mol. The van der Waals surface area contributed by atoms with Crippen LogP contribution in [0.5, 0.6) is 0 Å². The molecular weight excluding hydrogens is 380 g/mol. The van der Waals surface area contributed by atoms with Crippen LogP contribution < -0.4 is 5.32 Å². The highest BCUT2D eigenvalue weighted by molar-refractivity contribution is 7.91. The van der Waals surface area contributed by atoms with Crippen LogP contribution in [0.1, 0.15) is 24.2 Å². The van der Waals surface area contributed by atoms with E-state index in [1.165, 1.54) is 38.1 Å². The van der Waals surface area contributed by atoms with Gasteiger partial charge in [0.2, 0.25) is 0 Å². The minimum absolute atomic E-state index is 0.207. The molecule has 0 aliphatic rings. The highest BCUT2D eigenvalue weighted by Gasteiger charge is 2.25. The molecule has 0 aliphatic carbocycles. The predicted octanol–water partition coefficient (Wildman–Crippen LogP) is 2.94. The van der Waals surface area contributed by atoms with Gasteiger partial charge in [0.05, 0.1) is 21.9 Å². The Labute approximate surface area is 155 Å². The molecule has 1 atom stereocenters. The summed E-state index contributed by atoms with van der Waals surface area (Å²) in [7, 11) is -3.68. The summed E-state index contributed by atoms with van der Waals surface area (Å²) in [5.41, 5.74) is -0.618. The summed E-state index contributed by atoms with van der Waals surface area (Å²) in [5.74, 6) is -3.75. The van der Waals surface area contributed by atoms with E-state index < -0.39 is 45.1 Å². The van der Waals surface area contributed by atoms with Gasteiger partial charge >= 0.3 is 5.97 Å². The van der Waals surface area contributed by atoms with Crippen molar-refractivity contribution in [1.82, 2.24) is 0 Å². The Morgan fingerprint density at radius 2 is 1.81 bits per heavy atom. The number of hydrogen-bond donors (Lipinski definition) is 1. The number of nitrogens with one attached hydrogen (secondary N) is 1. The van der Waals surface area contributed by atoms with Crippen molar-refractivity contribution in [1.29, 1.82) is 0 Å². The molecule has 0 heterocycles. The van der Waals surface area contributed by atoms with E-state index in [1.807, 2.05) is 0 Å². The van der Waals surface area contributed by atoms with Gasteiger partial charge in [-0.2, -0.15) is 0 Å². The fourth-order valence-corrected chi connectivity index (χ4v) is 3.25. The van der Waals surface area contributed by atoms with Crippen molar-refractivity contribution in [3.8, 4) is 0 Å². The van der Waals surface area contributed by atoms with Crippen LogP contribution in [-0.2, 0) is 19.4 Å². The van der Waals surface area contributed by atoms with Crippen molar-refractivity contribution < 1.29 is 31.5 Å². The summed E-state index contributed by atoms with van der Waals surface area (Å²) in [6.45, 7) is 2.66. The fourth-order valence-electron chi connectivity index (χ4n) is 2.17. The molecule has 1 N–H and O–H groups in total. The highest BCUT2D eigenvalue weighted by atomic mass is 32.2. The minimum atomic E-state index is -3.68. The van der Waals surface area contributed by atoms with Gasteiger partial charge in [-0.15, -0.1) is 0 Å². The summed E-state index contributed by atoms with van der Waals surface area (Å²) in [6, 6.07) is 7.96. The summed E-state index contributed by atoms with van der Waals surface area (Å²) in [5, 5.41) is 2.11. The summed E-state index contributed by atoms with van der Waals surface area (Å²) in [4.78, 5) is 24.2. The standard InChI is InChI=1S/C18H17F2NO5S/c1-3-27(24,25)16-7-5-4-6-13(16)18(23)26-11(2)17(22)21-15-10-12(19)8-9-14(15)20/h4-11H,3H2,1-2H3,(H,21,22)/t11-/m0/s1. The lowest BCUT2D eigenvalue weighted by Gasteiger charge is -2.15. The van der Waals surface area contributed by atoms with E-state index in [9.17, 15) is 26.8 Å². The van der Waals surface area contributed by atoms with Gasteiger partial charge in [0, 0.05) is 6.07 Å². The number of carbonyl (C=O) groups excluding carboxylic acids is 2. The third kappa shape index (κ3) is 4.88. The third-order valence-electron chi connectivity index (χ3n) is 3.66. The van der Waals surface area contributed by atoms with Crippen molar-refractivity contribution in [2.45, 2.75) is 24.8 Å². The van der Waals surface area contributed by atoms with Crippen LogP contribution in [0.3, 0.4) is 0 Å². The molecule has 0 unspecified atom stereocenters. The molecule has 1 amide bonds. The zero-order valence-electron chi connectivity index (χ0n) is 14.5. The molecule has 0 aromatic heterocycles. The number of esters is 1. The number of hydrogen-bond acceptors (Lipinski definition) is 5. The molecule has 0 saturated heterocycles. The van der Waals surface area contributed by atoms with Gasteiger partial charge in [-0.1, -0.05) is 19.1 Å². The van der Waals surface area contributed by atoms with Crippen molar-refractivity contribution in [3.05, 3.63) is 59.7 Å². The lowest BCUT2D eigenvalue weighted by atomic mass is 10.2. The monoisotopic (exact) mass is 397 g/mol. The van der Waals surface area contributed by atoms with Crippen molar-refractivity contribution >= 4 is 27.4 Å². The van der Waals surface area contributed by atoms with Crippen LogP contribution in [-0.4, -0.2) is 32.2 Å². The molecule has 6 nitrogen and oxygen atoms in total. The number of anilines is 1. The number of halogens is 2. The molecule has 0 radical (unpaired) electrons. The molecule has 0 spiro atoms. The summed E-state index contributed by atoms with van der Waals surface area (Å²) >= 11 is 0. The Balaban J connectivity index is 2.16. The summed E-state index contributed by atoms with van der Waals surface area (Å²) in [6.07, 6.45) is -1.38. The first kappa shape index (κ1) is 20.5. The van der Waals surface area contributed by atoms with Gasteiger partial charge in [-0.3, -0.25) is 4.79 Å². The molecule has 2 aromatic rings. The van der Waals surface area contributed by atoms with Crippen LogP contribution in [0.15, 0.2) is 47.4 Å². The van der Waals surface area contributed by atoms with Gasteiger partial charge in [0.1, 0.15) is 11.6 Å². The Hall–Kier alpha value is -2.81. The first-order valence-corrected chi connectivity index (χ1v) is 9.59. The SMILES string of the molecule is CCS(=O)(=O)c1ccccc1C(=O)O[C@@H](C)C(=O)Nc1cc(F)ccc1F. The second-order valence-corrected chi connectivity index (χ2v) is 7.81. The van der Waals surface area contributed by atoms with Gasteiger partial charge in [-0.05, 0) is 31.2 Å². The molecule has 2 rings (SSSR count). The average Bonchev–Trinajstić information content (AvgIpc) is 2.64. The normalized spacial score (nSPS) is 12.3. The molecule has 0 fully saturated rings. The van der Waals surface area contributed by atoms with Gasteiger partial charge in [0.25, 0.3) is 5.91 Å². The number of ether oxygens (including phenoxy) is 1. The molecule has 144 valence electrons. The Kier molecular flexibility index (Phi) is 6.27. The lowest BCUT2D eigenvalue weighted by molar-refractivity contribution is -0.123. The Morgan fingerprint density at radius 3 is 2.48 bits per heavy atom. The number of carbonyl (C=O) groups is 2. The van der Waals surface area contributed by atoms with E-state index >= 15 is 0 Å². The van der Waals surface area contributed by atoms with Crippen LogP contribution in [0.4, 0.5) is 14.5 Å². The van der Waals surface area contributed by atoms with Crippen LogP contribution >= 0.6 is 0 Å². The summed E-state index contributed by atoms with van der Waals surface area (Å²) < 4.78 is 55.9. The number of sulfone groups is 1. The zero-order chi connectivity index (χ0) is 20.2. The van der Waals surface area contributed by atoms with E-state index in [0.29, 0.717) is 0 Å². The van der Waals surface area contributed by atoms with Crippen molar-refractivity contribution in [2.24, 2.45) is 0 Å². The first-order valence-electron chi connectivity index (χ1n) is 7.94. The number of rotatable bonds is 6. The molecule has 9 heteroatoms. The first-order chi connectivity index (χ1) is 12.7. The van der Waals surface area contributed by atoms with Crippen LogP contribution in [0.25, 0.3) is 0 Å². The van der Waals surface area contributed by atoms with Gasteiger partial charge < -0.3 is 10.1 Å². The lowest BCUT2D eigenvalue weighted by Crippen LogP contribution is -2.30. The topological polar surface area (TPSA) is 89.5 Å². The molecule has 0 aliphatic heterocycles. The smallest absolute Gasteiger partial charge is 0.340 e. The second kappa shape index (κ2) is 8.26. The molecule has 0 bridgehead atoms. The fraction of sp³-hybridized carbons (Fsp3) is 0.222. The van der Waals surface area contributed by atoms with Crippen LogP contribution in [0.2, 0.25) is 0 Å². The van der Waals surface area contributed by atoms with Gasteiger partial charge in [-0.25, -0.2) is 22.0 Å². The van der Waals surface area contributed by atoms with Crippen LogP contribution in [0, 0.1) is 11.6 Å². The maximum atomic E-state index is 13.6. The van der Waals surface area contributed by atoms with E-state index in [2.05, 4.69) is 5.32 Å². The van der Waals surface area contributed by atoms with Gasteiger partial charge in [0.15, 0.2) is 15.9 Å². The quantitative estimate of drug-likeness (QED) is 0.757. The highest BCUT2D eigenvalue weighted by Crippen LogP contribution is 2.19. The molecule has 2 aromatic carbocycles. The Bertz CT molecular complexity index is 975. The molecule has 27 heavy (non-hydrogen) atoms. The number of amides is 1. The maximum absolute atomic E-state index is 13.6. The molecular formula is C18H17F2NO5S. The van der Waals surface area contributed by atoms with E-state index in [1.54, 1.807) is 0 Å². The van der Waals surface area contributed by atoms with Crippen molar-refractivity contribution in [3.63, 3.8) is 0 Å². The van der Waals surface area contributed by atoms with Crippen molar-refractivity contribution in [2.75, 3.05) is 11.1 Å². The van der Waals surface area contributed by atoms with E-state index in [4.69, 9.17) is 4.74 Å². The predicted molar refractivity (Wildman–Crippen MR) is 94.0 cm³/mol. The maximum Gasteiger partial charge on any atom is 0.340 e. The largest absolute Gasteiger partial charge is 0.449 e. The Morgan fingerprint density at radius 1 is 1.15 bits per heavy atom. The third-order valence-corrected chi connectivity index (χ3v) is 5.45.